The topological polar surface area (TPSA) is 88.2 Å². The molecular weight excluding hydrogens is 439 g/mol. The van der Waals surface area contributed by atoms with Gasteiger partial charge in [-0.15, -0.1) is 0 Å². The third-order valence-electron chi connectivity index (χ3n) is 2.92. The Morgan fingerprint density at radius 3 is 2.89 bits per heavy atom. The Balaban J connectivity index is 2.41. The molecule has 0 aromatic heterocycles. The number of nitrogens with zero attached hydrogens (tertiary/aromatic N) is 1. The van der Waals surface area contributed by atoms with Gasteiger partial charge in [-0.2, -0.15) is 0 Å². The molecule has 7 heteroatoms. The van der Waals surface area contributed by atoms with Crippen molar-refractivity contribution in [3.05, 3.63) is 45.5 Å². The minimum atomic E-state index is -0.436. The second-order valence-electron chi connectivity index (χ2n) is 4.06. The first-order chi connectivity index (χ1) is 9.13. The van der Waals surface area contributed by atoms with Gasteiger partial charge in [-0.25, -0.2) is 0 Å². The van der Waals surface area contributed by atoms with Crippen molar-refractivity contribution in [3.8, 4) is 0 Å². The summed E-state index contributed by atoms with van der Waals surface area (Å²) in [6, 6.07) is 4.59. The number of hydrogen-bond donors (Lipinski definition) is 2. The number of ether oxygens (including phenoxy) is 1. The fraction of sp³-hybridized carbons (Fsp3) is 0.250. The van der Waals surface area contributed by atoms with E-state index in [1.54, 1.807) is 6.07 Å². The molecule has 2 N–H and O–H groups in total. The summed E-state index contributed by atoms with van der Waals surface area (Å²) >= 11 is 0.515. The van der Waals surface area contributed by atoms with Crippen molar-refractivity contribution in [3.63, 3.8) is 0 Å². The van der Waals surface area contributed by atoms with Crippen molar-refractivity contribution in [1.82, 2.24) is 0 Å². The molecule has 1 aromatic rings. The van der Waals surface area contributed by atoms with Gasteiger partial charge in [0.05, 0.1) is 0 Å². The van der Waals surface area contributed by atoms with E-state index in [2.05, 4.69) is 3.13 Å². The molecule has 2 rings (SSSR count). The number of anilines is 1. The fourth-order valence-electron chi connectivity index (χ4n) is 1.91. The van der Waals surface area contributed by atoms with Crippen LogP contribution < -0.4 is 3.13 Å². The quantitative estimate of drug-likeness (QED) is 0.317. The Kier molecular flexibility index (Phi) is 4.64. The molecule has 0 bridgehead atoms. The second kappa shape index (κ2) is 6.24. The van der Waals surface area contributed by atoms with Gasteiger partial charge in [-0.05, 0) is 0 Å². The molecule has 1 heterocycles. The van der Waals surface area contributed by atoms with Gasteiger partial charge in [0, 0.05) is 0 Å². The Labute approximate surface area is 126 Å². The second-order valence-corrected chi connectivity index (χ2v) is 5.18. The van der Waals surface area contributed by atoms with E-state index in [9.17, 15) is 10.1 Å². The van der Waals surface area contributed by atoms with E-state index in [1.807, 2.05) is 6.08 Å². The average molecular weight is 451 g/mol. The van der Waals surface area contributed by atoms with Gasteiger partial charge in [0.25, 0.3) is 0 Å². The average Bonchev–Trinajstić information content (AvgIpc) is 2.46. The normalized spacial score (nSPS) is 14.6. The molecule has 0 unspecified atom stereocenters. The van der Waals surface area contributed by atoms with Gasteiger partial charge in [0.15, 0.2) is 0 Å². The predicted octanol–water partition coefficient (Wildman–Crippen LogP) is 1.80. The summed E-state index contributed by atoms with van der Waals surface area (Å²) < 4.78 is 8.34. The van der Waals surface area contributed by atoms with Crippen molar-refractivity contribution in [2.75, 3.05) is 16.3 Å². The summed E-state index contributed by atoms with van der Waals surface area (Å²) in [5.41, 5.74) is 2.61. The Morgan fingerprint density at radius 2 is 2.32 bits per heavy atom. The SMILES string of the molecule is N=C(C1=CCOCC1)c1cc([N+](=O)[O-])ccc1[NH][Tl]. The number of hydrogen-bond acceptors (Lipinski definition) is 5. The summed E-state index contributed by atoms with van der Waals surface area (Å²) in [6.07, 6.45) is 2.54. The molecular formula is C12H12N3O3Tl. The maximum atomic E-state index is 10.8. The van der Waals surface area contributed by atoms with E-state index >= 15 is 0 Å². The number of nitrogens with one attached hydrogen (secondary N) is 2. The molecule has 1 aliphatic heterocycles. The van der Waals surface area contributed by atoms with Gasteiger partial charge in [-0.3, -0.25) is 0 Å². The van der Waals surface area contributed by atoms with Crippen LogP contribution in [0.4, 0.5) is 11.4 Å². The van der Waals surface area contributed by atoms with Crippen molar-refractivity contribution in [1.29, 1.82) is 5.41 Å². The van der Waals surface area contributed by atoms with E-state index in [0.29, 0.717) is 57.0 Å². The molecule has 0 spiro atoms. The number of benzene rings is 1. The van der Waals surface area contributed by atoms with Crippen LogP contribution >= 0.6 is 0 Å². The molecule has 6 nitrogen and oxygen atoms in total. The van der Waals surface area contributed by atoms with Crippen LogP contribution in [0.15, 0.2) is 29.8 Å². The first-order valence-corrected chi connectivity index (χ1v) is 7.99. The Bertz CT molecular complexity index is 557. The first kappa shape index (κ1) is 14.1. The van der Waals surface area contributed by atoms with Crippen LogP contribution in [0.3, 0.4) is 0 Å². The third kappa shape index (κ3) is 3.18. The molecule has 0 saturated heterocycles. The molecule has 0 atom stereocenters. The zero-order chi connectivity index (χ0) is 13.8. The van der Waals surface area contributed by atoms with Crippen molar-refractivity contribution in [2.24, 2.45) is 0 Å². The molecule has 0 fully saturated rings. The van der Waals surface area contributed by atoms with Crippen LogP contribution in [-0.4, -0.2) is 49.9 Å². The van der Waals surface area contributed by atoms with E-state index in [0.717, 1.165) is 11.3 Å². The summed E-state index contributed by atoms with van der Waals surface area (Å²) in [6.45, 7) is 1.09. The molecule has 19 heavy (non-hydrogen) atoms. The molecule has 0 aliphatic carbocycles. The molecule has 0 saturated carbocycles. The summed E-state index contributed by atoms with van der Waals surface area (Å²) in [4.78, 5) is 10.4. The van der Waals surface area contributed by atoms with Gasteiger partial charge >= 0.3 is 127 Å². The number of rotatable bonds is 4. The molecule has 1 aromatic carbocycles. The summed E-state index contributed by atoms with van der Waals surface area (Å²) in [5, 5.41) is 19.1. The van der Waals surface area contributed by atoms with Crippen molar-refractivity contribution in [2.45, 2.75) is 6.42 Å². The van der Waals surface area contributed by atoms with Gasteiger partial charge in [-0.1, -0.05) is 0 Å². The van der Waals surface area contributed by atoms with E-state index in [-0.39, 0.29) is 5.69 Å². The molecule has 0 radical (unpaired) electrons. The van der Waals surface area contributed by atoms with E-state index in [1.165, 1.54) is 12.1 Å². The minimum absolute atomic E-state index is 0.0106. The number of nitro groups is 1. The Hall–Kier alpha value is -1.29. The maximum absolute atomic E-state index is 10.8. The van der Waals surface area contributed by atoms with Gasteiger partial charge in [0.1, 0.15) is 0 Å². The van der Waals surface area contributed by atoms with Crippen LogP contribution in [0.2, 0.25) is 0 Å². The van der Waals surface area contributed by atoms with Gasteiger partial charge < -0.3 is 0 Å². The monoisotopic (exact) mass is 451 g/mol. The van der Waals surface area contributed by atoms with E-state index < -0.39 is 4.92 Å². The summed E-state index contributed by atoms with van der Waals surface area (Å²) in [7, 11) is 0. The van der Waals surface area contributed by atoms with Crippen molar-refractivity contribution >= 4 is 43.2 Å². The number of nitro benzene ring substituents is 1. The van der Waals surface area contributed by atoms with Crippen LogP contribution in [0.5, 0.6) is 0 Å². The molecule has 96 valence electrons. The predicted molar refractivity (Wildman–Crippen MR) is 72.8 cm³/mol. The first-order valence-electron chi connectivity index (χ1n) is 5.74. The molecule has 1 aliphatic rings. The van der Waals surface area contributed by atoms with Crippen LogP contribution in [0.1, 0.15) is 12.0 Å². The number of non-ortho nitro benzene ring substituents is 1. The Morgan fingerprint density at radius 1 is 1.53 bits per heavy atom. The summed E-state index contributed by atoms with van der Waals surface area (Å²) in [5.74, 6) is 0. The standard InChI is InChI=1S/C12H12N3O3.Tl/c13-11-2-1-9(15(16)17)7-10(11)12(14)8-3-5-18-6-4-8;/h1-3,7,13-14H,4-6H2;/q-1;+1. The van der Waals surface area contributed by atoms with Crippen LogP contribution in [0, 0.1) is 15.5 Å². The van der Waals surface area contributed by atoms with Crippen LogP contribution in [-0.2, 0) is 4.74 Å². The van der Waals surface area contributed by atoms with Crippen molar-refractivity contribution < 1.29 is 9.66 Å². The van der Waals surface area contributed by atoms with Gasteiger partial charge in [0.2, 0.25) is 0 Å². The van der Waals surface area contributed by atoms with E-state index in [4.69, 9.17) is 10.1 Å². The van der Waals surface area contributed by atoms with Crippen LogP contribution in [0.25, 0.3) is 0 Å². The fourth-order valence-corrected chi connectivity index (χ4v) is 2.88. The molecule has 0 amide bonds. The zero-order valence-electron chi connectivity index (χ0n) is 10.2. The zero-order valence-corrected chi connectivity index (χ0v) is 14.7. The third-order valence-corrected chi connectivity index (χ3v) is 4.13.